The molecule has 0 aliphatic heterocycles. The van der Waals surface area contributed by atoms with Gasteiger partial charge in [0.2, 0.25) is 0 Å². The average Bonchev–Trinajstić information content (AvgIpc) is 2.96. The Bertz CT molecular complexity index is 877. The number of hydrogen-bond donors (Lipinski definition) is 0. The van der Waals surface area contributed by atoms with Crippen LogP contribution >= 0.6 is 51.0 Å². The van der Waals surface area contributed by atoms with Gasteiger partial charge in [-0.05, 0) is 74.5 Å². The minimum atomic E-state index is -0.639. The van der Waals surface area contributed by atoms with E-state index in [1.807, 2.05) is 0 Å². The summed E-state index contributed by atoms with van der Waals surface area (Å²) < 4.78 is 0. The van der Waals surface area contributed by atoms with Crippen molar-refractivity contribution in [3.05, 3.63) is 121 Å². The zero-order chi connectivity index (χ0) is 29.5. The van der Waals surface area contributed by atoms with Gasteiger partial charge in [0, 0.05) is 0 Å². The maximum absolute atomic E-state index is 4.90. The monoisotopic (exact) mass is 814 g/mol. The van der Waals surface area contributed by atoms with E-state index in [0.29, 0.717) is 0 Å². The van der Waals surface area contributed by atoms with Crippen molar-refractivity contribution in [3.8, 4) is 0 Å². The van der Waals surface area contributed by atoms with Crippen LogP contribution in [0.3, 0.4) is 0 Å². The first kappa shape index (κ1) is 38.8. The van der Waals surface area contributed by atoms with Gasteiger partial charge in [-0.2, -0.15) is 0 Å². The fraction of sp³-hybridized carbons (Fsp3) is 0.250. The molecule has 0 unspecified atom stereocenters. The van der Waals surface area contributed by atoms with Crippen LogP contribution in [0.1, 0.15) is 0 Å². The van der Waals surface area contributed by atoms with Crippen molar-refractivity contribution in [1.82, 2.24) is 0 Å². The van der Waals surface area contributed by atoms with Crippen molar-refractivity contribution < 1.29 is 15.4 Å². The van der Waals surface area contributed by atoms with Crippen LogP contribution in [0.4, 0.5) is 0 Å². The topological polar surface area (TPSA) is 0 Å². The molecule has 0 atom stereocenters. The average molecular weight is 814 g/mol. The van der Waals surface area contributed by atoms with Crippen LogP contribution < -0.4 is 21.2 Å². The molecule has 0 saturated heterocycles. The quantitative estimate of drug-likeness (QED) is 0.180. The van der Waals surface area contributed by atoms with Gasteiger partial charge < -0.3 is 0 Å². The van der Waals surface area contributed by atoms with Crippen molar-refractivity contribution >= 4 is 72.2 Å². The molecule has 0 spiro atoms. The summed E-state index contributed by atoms with van der Waals surface area (Å²) in [7, 11) is 10.2. The van der Waals surface area contributed by atoms with E-state index in [-0.39, 0.29) is 31.7 Å². The second-order valence-corrected chi connectivity index (χ2v) is 21.9. The molecule has 4 aromatic carbocycles. The summed E-state index contributed by atoms with van der Waals surface area (Å²) in [5.41, 5.74) is 0. The fourth-order valence-corrected chi connectivity index (χ4v) is 5.98. The van der Waals surface area contributed by atoms with E-state index in [1.165, 1.54) is 21.2 Å². The Hall–Kier alpha value is -0.184. The predicted molar refractivity (Wildman–Crippen MR) is 191 cm³/mol. The van der Waals surface area contributed by atoms with Gasteiger partial charge in [-0.3, -0.25) is 0 Å². The number of hydrogen-bond acceptors (Lipinski definition) is 0. The van der Waals surface area contributed by atoms with Gasteiger partial charge >= 0.3 is 34.7 Å². The Balaban J connectivity index is 0.000000477. The van der Waals surface area contributed by atoms with E-state index in [2.05, 4.69) is 175 Å². The predicted octanol–water partition coefficient (Wildman–Crippen LogP) is 9.59. The second-order valence-electron chi connectivity index (χ2n) is 8.97. The third-order valence-corrected chi connectivity index (χ3v) is 10.4. The molecule has 0 N–H and O–H groups in total. The van der Waals surface area contributed by atoms with Crippen molar-refractivity contribution in [2.45, 2.75) is 0 Å². The molecule has 0 nitrogen and oxygen atoms in total. The zero-order valence-corrected chi connectivity index (χ0v) is 32.1. The van der Waals surface area contributed by atoms with Gasteiger partial charge in [-0.15, -0.1) is 0 Å². The summed E-state index contributed by atoms with van der Waals surface area (Å²) in [5.74, 6) is 0. The summed E-state index contributed by atoms with van der Waals surface area (Å²) in [4.78, 5) is 0. The van der Waals surface area contributed by atoms with E-state index in [9.17, 15) is 0 Å². The van der Waals surface area contributed by atoms with E-state index < -0.39 is 15.4 Å². The third kappa shape index (κ3) is 21.2. The standard InChI is InChI=1S/4C8H11P.2ClH.Os/c4*1-9(2)8-6-4-3-5-7-8;;;/h4*3-7H,1-2H3;2*1H;/q;;;;;;+2/p-2. The first-order chi connectivity index (χ1) is 18.6. The molecule has 214 valence electrons. The van der Waals surface area contributed by atoms with Crippen molar-refractivity contribution in [2.75, 3.05) is 53.3 Å². The molecule has 0 amide bonds. The molecule has 0 aromatic heterocycles. The Labute approximate surface area is 260 Å². The van der Waals surface area contributed by atoms with Gasteiger partial charge in [-0.1, -0.05) is 153 Å². The Kier molecular flexibility index (Phi) is 25.4. The van der Waals surface area contributed by atoms with Gasteiger partial charge in [0.05, 0.1) is 0 Å². The van der Waals surface area contributed by atoms with Gasteiger partial charge in [-0.25, -0.2) is 0 Å². The van der Waals surface area contributed by atoms with Gasteiger partial charge in [0.15, 0.2) is 0 Å². The van der Waals surface area contributed by atoms with Gasteiger partial charge in [0.1, 0.15) is 0 Å². The van der Waals surface area contributed by atoms with Crippen molar-refractivity contribution in [2.24, 2.45) is 0 Å². The molecule has 39 heavy (non-hydrogen) atoms. The summed E-state index contributed by atoms with van der Waals surface area (Å²) in [6, 6.07) is 42.5. The third-order valence-electron chi connectivity index (χ3n) is 5.09. The molecular weight excluding hydrogens is 769 g/mol. The summed E-state index contributed by atoms with van der Waals surface area (Å²) >= 11 is -0.639. The number of rotatable bonds is 4. The summed E-state index contributed by atoms with van der Waals surface area (Å²) in [6.45, 7) is 18.1. The van der Waals surface area contributed by atoms with Crippen LogP contribution in [-0.2, 0) is 15.4 Å². The van der Waals surface area contributed by atoms with E-state index in [0.717, 1.165) is 0 Å². The molecule has 7 heteroatoms. The first-order valence-electron chi connectivity index (χ1n) is 12.4. The Morgan fingerprint density at radius 1 is 0.333 bits per heavy atom. The molecule has 0 saturated carbocycles. The van der Waals surface area contributed by atoms with Crippen molar-refractivity contribution in [3.63, 3.8) is 0 Å². The molecule has 0 aliphatic carbocycles. The maximum atomic E-state index is 4.90. The van der Waals surface area contributed by atoms with Crippen LogP contribution in [0.5, 0.6) is 0 Å². The first-order valence-corrected chi connectivity index (χ1v) is 27.6. The molecule has 0 bridgehead atoms. The molecule has 0 aliphatic rings. The Morgan fingerprint density at radius 2 is 0.462 bits per heavy atom. The van der Waals surface area contributed by atoms with Crippen LogP contribution in [0.2, 0.25) is 0 Å². The Morgan fingerprint density at radius 3 is 0.538 bits per heavy atom. The number of halogens is 2. The van der Waals surface area contributed by atoms with Gasteiger partial charge in [0.25, 0.3) is 0 Å². The molecule has 0 radical (unpaired) electrons. The fourth-order valence-electron chi connectivity index (χ4n) is 2.90. The van der Waals surface area contributed by atoms with Crippen LogP contribution in [0.15, 0.2) is 121 Å². The van der Waals surface area contributed by atoms with Crippen LogP contribution in [-0.4, -0.2) is 53.3 Å². The van der Waals surface area contributed by atoms with E-state index in [4.69, 9.17) is 19.3 Å². The second kappa shape index (κ2) is 25.5. The van der Waals surface area contributed by atoms with Crippen LogP contribution in [0.25, 0.3) is 0 Å². The SMILES string of the molecule is CP(C)c1ccccc1.CP(C)c1ccccc1.CP(C)c1ccccc1.CP(C)c1ccccc1.[Cl][Os][Cl]. The summed E-state index contributed by atoms with van der Waals surface area (Å²) in [6.07, 6.45) is 0. The van der Waals surface area contributed by atoms with E-state index >= 15 is 0 Å². The molecular formula is C32H44Cl2OsP4. The summed E-state index contributed by atoms with van der Waals surface area (Å²) in [5, 5.41) is 5.92. The molecule has 0 heterocycles. The molecule has 0 fully saturated rings. The molecule has 4 rings (SSSR count). The minimum absolute atomic E-state index is 0.104. The molecule has 4 aromatic rings. The number of benzene rings is 4. The van der Waals surface area contributed by atoms with E-state index in [1.54, 1.807) is 0 Å². The van der Waals surface area contributed by atoms with Crippen LogP contribution in [0, 0.1) is 0 Å². The van der Waals surface area contributed by atoms with Crippen molar-refractivity contribution in [1.29, 1.82) is 0 Å². The zero-order valence-electron chi connectivity index (χ0n) is 24.4. The normalized spacial score (nSPS) is 9.90.